The molecule has 178 valence electrons. The summed E-state index contributed by atoms with van der Waals surface area (Å²) >= 11 is 0. The Kier molecular flexibility index (Phi) is 8.21. The highest BCUT2D eigenvalue weighted by Crippen LogP contribution is 2.28. The average molecular weight is 566 g/mol. The monoisotopic (exact) mass is 566 g/mol. The van der Waals surface area contributed by atoms with Crippen LogP contribution in [0, 0.1) is 0 Å². The van der Waals surface area contributed by atoms with Crippen molar-refractivity contribution in [3.05, 3.63) is 36.4 Å². The Bertz CT molecular complexity index is 1350. The van der Waals surface area contributed by atoms with E-state index in [1.165, 1.54) is 12.1 Å². The SMILES string of the molecule is O=S(=O)(O)c1cccc(PCCPc2cccc(S(=O)(=O)O)c2S(=O)(=O)O)c1S(=O)(=O)O. The van der Waals surface area contributed by atoms with Crippen LogP contribution < -0.4 is 10.6 Å². The van der Waals surface area contributed by atoms with Crippen LogP contribution in [0.1, 0.15) is 0 Å². The molecule has 0 aliphatic carbocycles. The summed E-state index contributed by atoms with van der Waals surface area (Å²) in [6.07, 6.45) is 0.272. The van der Waals surface area contributed by atoms with Crippen molar-refractivity contribution in [1.29, 1.82) is 0 Å². The lowest BCUT2D eigenvalue weighted by molar-refractivity contribution is 0.467. The molecule has 32 heavy (non-hydrogen) atoms. The van der Waals surface area contributed by atoms with E-state index in [-0.39, 0.29) is 22.9 Å². The van der Waals surface area contributed by atoms with Gasteiger partial charge in [0.25, 0.3) is 40.5 Å². The summed E-state index contributed by atoms with van der Waals surface area (Å²) in [5.74, 6) is 0. The van der Waals surface area contributed by atoms with Gasteiger partial charge in [0.1, 0.15) is 19.6 Å². The van der Waals surface area contributed by atoms with E-state index in [4.69, 9.17) is 0 Å². The maximum absolute atomic E-state index is 11.7. The van der Waals surface area contributed by atoms with Crippen LogP contribution in [-0.2, 0) is 40.5 Å². The maximum Gasteiger partial charge on any atom is 0.296 e. The predicted molar refractivity (Wildman–Crippen MR) is 118 cm³/mol. The molecule has 0 saturated heterocycles. The third-order valence-corrected chi connectivity index (χ3v) is 11.2. The first-order chi connectivity index (χ1) is 14.4. The van der Waals surface area contributed by atoms with Gasteiger partial charge in [-0.25, -0.2) is 0 Å². The number of rotatable bonds is 9. The zero-order chi connectivity index (χ0) is 24.5. The lowest BCUT2D eigenvalue weighted by Crippen LogP contribution is -2.18. The number of benzene rings is 2. The lowest BCUT2D eigenvalue weighted by atomic mass is 10.4. The Labute approximate surface area is 188 Å². The van der Waals surface area contributed by atoms with Crippen molar-refractivity contribution in [2.24, 2.45) is 0 Å². The minimum atomic E-state index is -5.02. The topological polar surface area (TPSA) is 217 Å². The number of hydrogen-bond acceptors (Lipinski definition) is 8. The van der Waals surface area contributed by atoms with Crippen LogP contribution >= 0.6 is 17.2 Å². The van der Waals surface area contributed by atoms with E-state index in [0.717, 1.165) is 24.3 Å². The second kappa shape index (κ2) is 9.66. The second-order valence-corrected chi connectivity index (χ2v) is 14.3. The minimum absolute atomic E-state index is 0.103. The molecule has 18 heteroatoms. The summed E-state index contributed by atoms with van der Waals surface area (Å²) in [5, 5.41) is -0.205. The van der Waals surface area contributed by atoms with Gasteiger partial charge in [0.15, 0.2) is 0 Å². The van der Waals surface area contributed by atoms with Crippen molar-refractivity contribution >= 4 is 68.2 Å². The Hall–Kier alpha value is -1.06. The molecule has 0 aliphatic rings. The molecule has 12 nitrogen and oxygen atoms in total. The number of hydrogen-bond donors (Lipinski definition) is 4. The van der Waals surface area contributed by atoms with E-state index in [0.29, 0.717) is 0 Å². The van der Waals surface area contributed by atoms with Gasteiger partial charge in [-0.2, -0.15) is 33.7 Å². The zero-order valence-electron chi connectivity index (χ0n) is 15.6. The van der Waals surface area contributed by atoms with E-state index in [2.05, 4.69) is 0 Å². The standard InChI is InChI=1S/C14H16O12P2S4/c15-29(16,17)11-5-1-3-9(13(11)31(21,22)23)27-7-8-28-10-4-2-6-12(30(18,19)20)14(10)32(24,25)26/h1-6,27-28H,7-8H2,(H,15,16,17)(H,18,19,20)(H,21,22,23)(H,24,25,26). The summed E-state index contributed by atoms with van der Waals surface area (Å²) in [6, 6.07) is 6.37. The quantitative estimate of drug-likeness (QED) is 0.179. The summed E-state index contributed by atoms with van der Waals surface area (Å²) < 4.78 is 130. The van der Waals surface area contributed by atoms with E-state index in [9.17, 15) is 51.9 Å². The molecule has 2 rings (SSSR count). The van der Waals surface area contributed by atoms with Gasteiger partial charge in [-0.15, -0.1) is 0 Å². The molecule has 0 aromatic heterocycles. The first-order valence-corrected chi connectivity index (χ1v) is 16.2. The minimum Gasteiger partial charge on any atom is -0.282 e. The van der Waals surface area contributed by atoms with Crippen LogP contribution in [0.15, 0.2) is 56.0 Å². The first kappa shape index (κ1) is 27.2. The molecule has 2 aromatic carbocycles. The second-order valence-electron chi connectivity index (χ2n) is 6.02. The third-order valence-electron chi connectivity index (χ3n) is 3.79. The highest BCUT2D eigenvalue weighted by Gasteiger charge is 2.28. The van der Waals surface area contributed by atoms with Gasteiger partial charge in [-0.3, -0.25) is 18.2 Å². The van der Waals surface area contributed by atoms with Crippen molar-refractivity contribution in [2.45, 2.75) is 19.6 Å². The lowest BCUT2D eigenvalue weighted by Gasteiger charge is -2.12. The van der Waals surface area contributed by atoms with Crippen LogP contribution in [0.5, 0.6) is 0 Å². The van der Waals surface area contributed by atoms with E-state index in [1.54, 1.807) is 0 Å². The Balaban J connectivity index is 2.34. The molecule has 0 bridgehead atoms. The highest BCUT2D eigenvalue weighted by atomic mass is 32.2. The first-order valence-electron chi connectivity index (χ1n) is 8.08. The smallest absolute Gasteiger partial charge is 0.282 e. The van der Waals surface area contributed by atoms with E-state index >= 15 is 0 Å². The molecular formula is C14H16O12P2S4. The molecule has 2 atom stereocenters. The van der Waals surface area contributed by atoms with Gasteiger partial charge in [0, 0.05) is 0 Å². The third kappa shape index (κ3) is 6.73. The fourth-order valence-electron chi connectivity index (χ4n) is 2.64. The van der Waals surface area contributed by atoms with Crippen molar-refractivity contribution in [3.63, 3.8) is 0 Å². The van der Waals surface area contributed by atoms with Gasteiger partial charge >= 0.3 is 0 Å². The van der Waals surface area contributed by atoms with Gasteiger partial charge in [-0.05, 0) is 35.1 Å². The van der Waals surface area contributed by atoms with Crippen LogP contribution in [0.3, 0.4) is 0 Å². The van der Waals surface area contributed by atoms with Gasteiger partial charge < -0.3 is 0 Å². The molecule has 0 saturated carbocycles. The molecule has 0 fully saturated rings. The molecule has 0 spiro atoms. The average Bonchev–Trinajstić information content (AvgIpc) is 2.61. The van der Waals surface area contributed by atoms with Crippen molar-refractivity contribution in [2.75, 3.05) is 12.3 Å². The Morgan fingerprint density at radius 2 is 0.844 bits per heavy atom. The normalized spacial score (nSPS) is 14.0. The van der Waals surface area contributed by atoms with Crippen LogP contribution in [0.25, 0.3) is 0 Å². The van der Waals surface area contributed by atoms with Gasteiger partial charge in [0.2, 0.25) is 0 Å². The van der Waals surface area contributed by atoms with Crippen LogP contribution in [-0.4, -0.2) is 64.2 Å². The Morgan fingerprint density at radius 3 is 1.09 bits per heavy atom. The van der Waals surface area contributed by atoms with Crippen LogP contribution in [0.2, 0.25) is 0 Å². The fourth-order valence-corrected chi connectivity index (χ4v) is 10.4. The zero-order valence-corrected chi connectivity index (χ0v) is 20.8. The van der Waals surface area contributed by atoms with E-state index < -0.39 is 77.2 Å². The summed E-state index contributed by atoms with van der Waals surface area (Å²) in [4.78, 5) is -3.95. The molecule has 4 N–H and O–H groups in total. The summed E-state index contributed by atoms with van der Waals surface area (Å²) in [6.45, 7) is 0. The molecule has 0 amide bonds. The molecular weight excluding hydrogens is 550 g/mol. The van der Waals surface area contributed by atoms with Crippen molar-refractivity contribution < 1.29 is 51.9 Å². The largest absolute Gasteiger partial charge is 0.296 e. The molecule has 0 heterocycles. The molecule has 0 radical (unpaired) electrons. The molecule has 0 aliphatic heterocycles. The summed E-state index contributed by atoms with van der Waals surface area (Å²) in [5.41, 5.74) is 0. The highest BCUT2D eigenvalue weighted by molar-refractivity contribution is 7.90. The molecule has 2 aromatic rings. The van der Waals surface area contributed by atoms with Gasteiger partial charge in [-0.1, -0.05) is 41.4 Å². The predicted octanol–water partition coefficient (Wildman–Crippen LogP) is -0.0188. The fraction of sp³-hybridized carbons (Fsp3) is 0.143. The van der Waals surface area contributed by atoms with Crippen LogP contribution in [0.4, 0.5) is 0 Å². The maximum atomic E-state index is 11.7. The van der Waals surface area contributed by atoms with Gasteiger partial charge in [0.05, 0.1) is 0 Å². The van der Waals surface area contributed by atoms with Crippen molar-refractivity contribution in [3.8, 4) is 0 Å². The summed E-state index contributed by atoms with van der Waals surface area (Å²) in [7, 11) is -20.8. The van der Waals surface area contributed by atoms with Crippen molar-refractivity contribution in [1.82, 2.24) is 0 Å². The molecule has 2 unspecified atom stereocenters. The Morgan fingerprint density at radius 1 is 0.531 bits per heavy atom. The van der Waals surface area contributed by atoms with E-state index in [1.807, 2.05) is 0 Å².